The zero-order valence-corrected chi connectivity index (χ0v) is 10.7. The van der Waals surface area contributed by atoms with Crippen molar-refractivity contribution in [1.29, 1.82) is 0 Å². The van der Waals surface area contributed by atoms with Gasteiger partial charge in [0.05, 0.1) is 6.42 Å². The van der Waals surface area contributed by atoms with Gasteiger partial charge in [-0.25, -0.2) is 4.79 Å². The molecule has 20 heavy (non-hydrogen) atoms. The van der Waals surface area contributed by atoms with Gasteiger partial charge >= 0.3 is 6.03 Å². The molecule has 1 unspecified atom stereocenters. The van der Waals surface area contributed by atoms with E-state index in [4.69, 9.17) is 5.73 Å². The summed E-state index contributed by atoms with van der Waals surface area (Å²) in [7, 11) is 0. The average Bonchev–Trinajstić information content (AvgIpc) is 2.89. The molecule has 1 atom stereocenters. The molecular weight excluding hydrogens is 260 g/mol. The number of nitrogens with one attached hydrogen (secondary N) is 3. The standard InChI is InChI=1S/C13H14N4O3/c14-4-3-13(11(19)16-12(20)17-13)8-1-2-9-7(5-8)6-10(18)15-9/h1-2,5H,3-4,6,14H2,(H,15,18)(H2,16,17,19,20). The van der Waals surface area contributed by atoms with Gasteiger partial charge in [-0.05, 0) is 30.2 Å². The first kappa shape index (κ1) is 12.6. The van der Waals surface area contributed by atoms with Crippen LogP contribution >= 0.6 is 0 Å². The maximum Gasteiger partial charge on any atom is 0.322 e. The van der Waals surface area contributed by atoms with Crippen LogP contribution in [-0.4, -0.2) is 24.4 Å². The third-order valence-corrected chi connectivity index (χ3v) is 3.68. The number of benzene rings is 1. The monoisotopic (exact) mass is 274 g/mol. The van der Waals surface area contributed by atoms with Gasteiger partial charge in [-0.15, -0.1) is 0 Å². The molecule has 7 heteroatoms. The van der Waals surface area contributed by atoms with E-state index in [1.165, 1.54) is 0 Å². The largest absolute Gasteiger partial charge is 0.330 e. The van der Waals surface area contributed by atoms with E-state index in [2.05, 4.69) is 16.0 Å². The van der Waals surface area contributed by atoms with Crippen molar-refractivity contribution in [3.8, 4) is 0 Å². The van der Waals surface area contributed by atoms with Crippen LogP contribution in [0, 0.1) is 0 Å². The average molecular weight is 274 g/mol. The number of nitrogens with two attached hydrogens (primary N) is 1. The van der Waals surface area contributed by atoms with E-state index in [1.54, 1.807) is 18.2 Å². The molecule has 5 N–H and O–H groups in total. The fourth-order valence-corrected chi connectivity index (χ4v) is 2.73. The molecule has 3 rings (SSSR count). The van der Waals surface area contributed by atoms with Gasteiger partial charge in [0.15, 0.2) is 0 Å². The zero-order chi connectivity index (χ0) is 14.3. The summed E-state index contributed by atoms with van der Waals surface area (Å²) in [5, 5.41) is 7.62. The Bertz CT molecular complexity index is 628. The third kappa shape index (κ3) is 1.75. The van der Waals surface area contributed by atoms with E-state index < -0.39 is 17.5 Å². The lowest BCUT2D eigenvalue weighted by molar-refractivity contribution is -0.124. The van der Waals surface area contributed by atoms with Crippen LogP contribution in [0.4, 0.5) is 10.5 Å². The summed E-state index contributed by atoms with van der Waals surface area (Å²) in [5.74, 6) is -0.491. The number of carbonyl (C=O) groups is 3. The molecule has 4 amide bonds. The highest BCUT2D eigenvalue weighted by molar-refractivity contribution is 6.07. The number of rotatable bonds is 3. The smallest absolute Gasteiger partial charge is 0.322 e. The van der Waals surface area contributed by atoms with Crippen molar-refractivity contribution in [1.82, 2.24) is 10.6 Å². The van der Waals surface area contributed by atoms with Gasteiger partial charge in [0, 0.05) is 5.69 Å². The molecule has 0 saturated carbocycles. The molecule has 104 valence electrons. The molecule has 0 aliphatic carbocycles. The molecule has 1 fully saturated rings. The van der Waals surface area contributed by atoms with Gasteiger partial charge < -0.3 is 16.4 Å². The Hall–Kier alpha value is -2.41. The maximum absolute atomic E-state index is 12.1. The molecule has 0 bridgehead atoms. The second-order valence-electron chi connectivity index (χ2n) is 4.95. The van der Waals surface area contributed by atoms with Gasteiger partial charge in [0.1, 0.15) is 5.54 Å². The molecule has 1 aromatic carbocycles. The number of amides is 4. The Labute approximate surface area is 114 Å². The Morgan fingerprint density at radius 1 is 1.20 bits per heavy atom. The van der Waals surface area contributed by atoms with Crippen molar-refractivity contribution < 1.29 is 14.4 Å². The number of hydrogen-bond acceptors (Lipinski definition) is 4. The fraction of sp³-hybridized carbons (Fsp3) is 0.308. The van der Waals surface area contributed by atoms with Crippen LogP contribution in [0.15, 0.2) is 18.2 Å². The number of anilines is 1. The van der Waals surface area contributed by atoms with Gasteiger partial charge in [-0.1, -0.05) is 12.1 Å². The number of carbonyl (C=O) groups excluding carboxylic acids is 3. The quantitative estimate of drug-likeness (QED) is 0.560. The highest BCUT2D eigenvalue weighted by Crippen LogP contribution is 2.33. The highest BCUT2D eigenvalue weighted by Gasteiger charge is 2.47. The van der Waals surface area contributed by atoms with Crippen molar-refractivity contribution in [2.45, 2.75) is 18.4 Å². The van der Waals surface area contributed by atoms with Gasteiger partial charge in [0.2, 0.25) is 5.91 Å². The molecule has 0 radical (unpaired) electrons. The fourth-order valence-electron chi connectivity index (χ4n) is 2.73. The minimum atomic E-state index is -1.15. The van der Waals surface area contributed by atoms with Crippen LogP contribution in [-0.2, 0) is 21.5 Å². The summed E-state index contributed by atoms with van der Waals surface area (Å²) in [4.78, 5) is 35.0. The maximum atomic E-state index is 12.1. The van der Waals surface area contributed by atoms with E-state index >= 15 is 0 Å². The van der Waals surface area contributed by atoms with Crippen molar-refractivity contribution >= 4 is 23.5 Å². The van der Waals surface area contributed by atoms with Crippen molar-refractivity contribution in [2.75, 3.05) is 11.9 Å². The van der Waals surface area contributed by atoms with Crippen molar-refractivity contribution in [3.63, 3.8) is 0 Å². The van der Waals surface area contributed by atoms with E-state index in [0.29, 0.717) is 12.0 Å². The molecule has 0 aromatic heterocycles. The van der Waals surface area contributed by atoms with E-state index in [1.807, 2.05) is 0 Å². The lowest BCUT2D eigenvalue weighted by Crippen LogP contribution is -2.45. The van der Waals surface area contributed by atoms with Gasteiger partial charge in [-0.2, -0.15) is 0 Å². The third-order valence-electron chi connectivity index (χ3n) is 3.68. The Morgan fingerprint density at radius 2 is 2.00 bits per heavy atom. The Kier molecular flexibility index (Phi) is 2.72. The normalized spacial score (nSPS) is 24.1. The van der Waals surface area contributed by atoms with Crippen LogP contribution in [0.25, 0.3) is 0 Å². The van der Waals surface area contributed by atoms with E-state index in [0.717, 1.165) is 11.3 Å². The SMILES string of the molecule is NCCC1(c2ccc3c(c2)CC(=O)N3)NC(=O)NC1=O. The van der Waals surface area contributed by atoms with Crippen molar-refractivity contribution in [3.05, 3.63) is 29.3 Å². The Balaban J connectivity index is 2.05. The summed E-state index contributed by atoms with van der Waals surface area (Å²) in [5.41, 5.74) is 6.63. The first-order chi connectivity index (χ1) is 9.55. The summed E-state index contributed by atoms with van der Waals surface area (Å²) in [6.45, 7) is 0.252. The number of urea groups is 1. The van der Waals surface area contributed by atoms with Crippen LogP contribution in [0.1, 0.15) is 17.5 Å². The predicted molar refractivity (Wildman–Crippen MR) is 70.8 cm³/mol. The van der Waals surface area contributed by atoms with Crippen LogP contribution in [0.5, 0.6) is 0 Å². The predicted octanol–water partition coefficient (Wildman–Crippen LogP) is -0.435. The lowest BCUT2D eigenvalue weighted by atomic mass is 9.85. The van der Waals surface area contributed by atoms with E-state index in [9.17, 15) is 14.4 Å². The van der Waals surface area contributed by atoms with Crippen LogP contribution < -0.4 is 21.7 Å². The summed E-state index contributed by atoms with van der Waals surface area (Å²) in [6, 6.07) is 4.71. The van der Waals surface area contributed by atoms with Crippen molar-refractivity contribution in [2.24, 2.45) is 5.73 Å². The minimum Gasteiger partial charge on any atom is -0.330 e. The molecule has 2 aliphatic rings. The molecular formula is C13H14N4O3. The molecule has 1 aromatic rings. The van der Waals surface area contributed by atoms with Gasteiger partial charge in [-0.3, -0.25) is 14.9 Å². The first-order valence-corrected chi connectivity index (χ1v) is 6.32. The Morgan fingerprint density at radius 3 is 2.65 bits per heavy atom. The second kappa shape index (κ2) is 4.31. The number of hydrogen-bond donors (Lipinski definition) is 4. The molecule has 1 saturated heterocycles. The zero-order valence-electron chi connectivity index (χ0n) is 10.7. The van der Waals surface area contributed by atoms with Crippen LogP contribution in [0.3, 0.4) is 0 Å². The second-order valence-corrected chi connectivity index (χ2v) is 4.95. The highest BCUT2D eigenvalue weighted by atomic mass is 16.2. The molecule has 2 heterocycles. The van der Waals surface area contributed by atoms with Gasteiger partial charge in [0.25, 0.3) is 5.91 Å². The molecule has 2 aliphatic heterocycles. The topological polar surface area (TPSA) is 113 Å². The summed E-state index contributed by atoms with van der Waals surface area (Å²) >= 11 is 0. The summed E-state index contributed by atoms with van der Waals surface area (Å²) < 4.78 is 0. The molecule has 0 spiro atoms. The van der Waals surface area contributed by atoms with E-state index in [-0.39, 0.29) is 18.9 Å². The molecule has 7 nitrogen and oxygen atoms in total. The van der Waals surface area contributed by atoms with Crippen LogP contribution in [0.2, 0.25) is 0 Å². The number of fused-ring (bicyclic) bond motifs is 1. The first-order valence-electron chi connectivity index (χ1n) is 6.32. The summed E-state index contributed by atoms with van der Waals surface area (Å²) in [6.07, 6.45) is 0.572. The minimum absolute atomic E-state index is 0.0788. The lowest BCUT2D eigenvalue weighted by Gasteiger charge is -2.26. The number of imide groups is 1.